The van der Waals surface area contributed by atoms with E-state index >= 15 is 0 Å². The number of aromatic nitrogens is 1. The first-order valence-electron chi connectivity index (χ1n) is 14.5. The van der Waals surface area contributed by atoms with Gasteiger partial charge in [-0.1, -0.05) is 42.5 Å². The number of piperidine rings is 1. The second-order valence-electron chi connectivity index (χ2n) is 11.0. The number of carbonyl (C=O) groups excluding carboxylic acids is 2. The Labute approximate surface area is 268 Å². The molecule has 45 heavy (non-hydrogen) atoms. The van der Waals surface area contributed by atoms with E-state index in [-0.39, 0.29) is 35.7 Å². The van der Waals surface area contributed by atoms with Crippen molar-refractivity contribution in [1.82, 2.24) is 20.1 Å². The molecule has 3 aromatic rings. The third-order valence-electron chi connectivity index (χ3n) is 7.98. The summed E-state index contributed by atoms with van der Waals surface area (Å²) in [4.78, 5) is 34.3. The average Bonchev–Trinajstić information content (AvgIpc) is 3.00. The van der Waals surface area contributed by atoms with E-state index in [1.165, 1.54) is 12.1 Å². The van der Waals surface area contributed by atoms with E-state index in [0.29, 0.717) is 19.5 Å². The van der Waals surface area contributed by atoms with E-state index in [0.717, 1.165) is 61.8 Å². The molecule has 244 valence electrons. The SMILES string of the molecule is CCN(C(=O)Cc1ccc(S(C)(=O)=O)cc1)C1CCN(CC[C@H](NC(=O)c2cnccc2C(F)(F)F)c2ccccc2)CC1.Cl. The third-order valence-corrected chi connectivity index (χ3v) is 9.11. The van der Waals surface area contributed by atoms with E-state index < -0.39 is 39.1 Å². The molecule has 0 unspecified atom stereocenters. The van der Waals surface area contributed by atoms with Gasteiger partial charge in [-0.05, 0) is 55.5 Å². The number of sulfone groups is 1. The van der Waals surface area contributed by atoms with Gasteiger partial charge in [-0.15, -0.1) is 12.4 Å². The van der Waals surface area contributed by atoms with Crippen LogP contribution in [0.5, 0.6) is 0 Å². The molecule has 8 nitrogen and oxygen atoms in total. The number of pyridine rings is 1. The molecule has 2 amide bonds. The number of alkyl halides is 3. The highest BCUT2D eigenvalue weighted by Crippen LogP contribution is 2.32. The zero-order chi connectivity index (χ0) is 31.9. The molecule has 2 aromatic carbocycles. The van der Waals surface area contributed by atoms with E-state index in [9.17, 15) is 31.2 Å². The Morgan fingerprint density at radius 1 is 1.04 bits per heavy atom. The summed E-state index contributed by atoms with van der Waals surface area (Å²) in [5.41, 5.74) is -0.00123. The minimum Gasteiger partial charge on any atom is -0.345 e. The van der Waals surface area contributed by atoms with E-state index in [2.05, 4.69) is 15.2 Å². The van der Waals surface area contributed by atoms with Gasteiger partial charge in [0.15, 0.2) is 9.84 Å². The van der Waals surface area contributed by atoms with Crippen LogP contribution in [-0.4, -0.2) is 73.5 Å². The predicted octanol–water partition coefficient (Wildman–Crippen LogP) is 5.34. The molecule has 0 aliphatic carbocycles. The molecule has 2 heterocycles. The number of amides is 2. The Balaban J connectivity index is 0.00000552. The third kappa shape index (κ3) is 9.75. The Hall–Kier alpha value is -3.48. The molecule has 1 N–H and O–H groups in total. The van der Waals surface area contributed by atoms with Gasteiger partial charge in [0.1, 0.15) is 0 Å². The van der Waals surface area contributed by atoms with Crippen molar-refractivity contribution >= 4 is 34.1 Å². The zero-order valence-corrected chi connectivity index (χ0v) is 26.8. The summed E-state index contributed by atoms with van der Waals surface area (Å²) < 4.78 is 64.0. The number of likely N-dealkylation sites (tertiary alicyclic amines) is 1. The van der Waals surface area contributed by atoms with Gasteiger partial charge >= 0.3 is 6.18 Å². The monoisotopic (exact) mass is 666 g/mol. The van der Waals surface area contributed by atoms with Crippen molar-refractivity contribution in [2.45, 2.75) is 55.8 Å². The summed E-state index contributed by atoms with van der Waals surface area (Å²) in [6.45, 7) is 4.57. The van der Waals surface area contributed by atoms with Crippen molar-refractivity contribution in [3.05, 3.63) is 95.3 Å². The van der Waals surface area contributed by atoms with Gasteiger partial charge in [-0.3, -0.25) is 14.6 Å². The number of likely N-dealkylation sites (N-methyl/N-ethyl adjacent to an activating group) is 1. The summed E-state index contributed by atoms with van der Waals surface area (Å²) >= 11 is 0. The molecule has 1 aliphatic rings. The maximum absolute atomic E-state index is 13.5. The molecular weight excluding hydrogens is 629 g/mol. The van der Waals surface area contributed by atoms with Crippen LogP contribution in [0.2, 0.25) is 0 Å². The quantitative estimate of drug-likeness (QED) is 0.297. The van der Waals surface area contributed by atoms with Gasteiger partial charge < -0.3 is 15.1 Å². The molecule has 1 saturated heterocycles. The number of carbonyl (C=O) groups is 2. The van der Waals surface area contributed by atoms with Crippen molar-refractivity contribution in [2.75, 3.05) is 32.4 Å². The van der Waals surface area contributed by atoms with Crippen molar-refractivity contribution in [1.29, 1.82) is 0 Å². The molecule has 1 atom stereocenters. The summed E-state index contributed by atoms with van der Waals surface area (Å²) in [6, 6.07) is 15.9. The minimum absolute atomic E-state index is 0. The normalized spacial score (nSPS) is 15.1. The largest absolute Gasteiger partial charge is 0.417 e. The van der Waals surface area contributed by atoms with Gasteiger partial charge in [0.25, 0.3) is 5.91 Å². The van der Waals surface area contributed by atoms with Crippen LogP contribution in [-0.2, 0) is 27.2 Å². The topological polar surface area (TPSA) is 99.7 Å². The van der Waals surface area contributed by atoms with Crippen LogP contribution in [0, 0.1) is 0 Å². The van der Waals surface area contributed by atoms with Gasteiger partial charge in [0, 0.05) is 50.9 Å². The van der Waals surface area contributed by atoms with E-state index in [1.807, 2.05) is 42.2 Å². The first kappa shape index (κ1) is 36.0. The van der Waals surface area contributed by atoms with Crippen LogP contribution in [0.3, 0.4) is 0 Å². The van der Waals surface area contributed by atoms with Gasteiger partial charge in [0.2, 0.25) is 5.91 Å². The molecule has 4 rings (SSSR count). The maximum Gasteiger partial charge on any atom is 0.417 e. The number of hydrogen-bond donors (Lipinski definition) is 1. The van der Waals surface area contributed by atoms with E-state index in [4.69, 9.17) is 0 Å². The smallest absolute Gasteiger partial charge is 0.345 e. The number of benzene rings is 2. The van der Waals surface area contributed by atoms with Crippen LogP contribution < -0.4 is 5.32 Å². The molecule has 1 aliphatic heterocycles. The van der Waals surface area contributed by atoms with Crippen molar-refractivity contribution in [3.8, 4) is 0 Å². The fourth-order valence-corrected chi connectivity index (χ4v) is 6.23. The Bertz CT molecular complexity index is 1530. The van der Waals surface area contributed by atoms with E-state index in [1.54, 1.807) is 12.1 Å². The highest BCUT2D eigenvalue weighted by molar-refractivity contribution is 7.90. The molecule has 1 aromatic heterocycles. The number of nitrogens with zero attached hydrogens (tertiary/aromatic N) is 3. The minimum atomic E-state index is -4.68. The Kier molecular flexibility index (Phi) is 12.5. The highest BCUT2D eigenvalue weighted by Gasteiger charge is 2.36. The fourth-order valence-electron chi connectivity index (χ4n) is 5.60. The lowest BCUT2D eigenvalue weighted by atomic mass is 9.99. The zero-order valence-electron chi connectivity index (χ0n) is 25.2. The number of halogens is 4. The van der Waals surface area contributed by atoms with Gasteiger partial charge in [-0.2, -0.15) is 13.2 Å². The molecule has 0 spiro atoms. The second-order valence-corrected chi connectivity index (χ2v) is 13.0. The summed E-state index contributed by atoms with van der Waals surface area (Å²) in [5.74, 6) is -0.848. The number of hydrogen-bond acceptors (Lipinski definition) is 6. The molecule has 1 fully saturated rings. The lowest BCUT2D eigenvalue weighted by molar-refractivity contribution is -0.138. The highest BCUT2D eigenvalue weighted by atomic mass is 35.5. The Morgan fingerprint density at radius 2 is 1.69 bits per heavy atom. The summed E-state index contributed by atoms with van der Waals surface area (Å²) in [5, 5.41) is 2.80. The van der Waals surface area contributed by atoms with Crippen LogP contribution in [0.4, 0.5) is 13.2 Å². The van der Waals surface area contributed by atoms with Crippen molar-refractivity contribution in [2.24, 2.45) is 0 Å². The van der Waals surface area contributed by atoms with Crippen LogP contribution in [0.25, 0.3) is 0 Å². The molecular formula is C32H38ClF3N4O4S. The lowest BCUT2D eigenvalue weighted by Crippen LogP contribution is -2.48. The molecule has 0 radical (unpaired) electrons. The molecule has 13 heteroatoms. The van der Waals surface area contributed by atoms with Crippen molar-refractivity contribution < 1.29 is 31.2 Å². The van der Waals surface area contributed by atoms with Gasteiger partial charge in [-0.25, -0.2) is 8.42 Å². The van der Waals surface area contributed by atoms with Gasteiger partial charge in [0.05, 0.1) is 28.5 Å². The van der Waals surface area contributed by atoms with Crippen LogP contribution in [0.15, 0.2) is 78.0 Å². The maximum atomic E-state index is 13.5. The number of nitrogens with one attached hydrogen (secondary N) is 1. The fraction of sp³-hybridized carbons (Fsp3) is 0.406. The number of rotatable bonds is 11. The first-order valence-corrected chi connectivity index (χ1v) is 16.4. The second kappa shape index (κ2) is 15.7. The van der Waals surface area contributed by atoms with Crippen molar-refractivity contribution in [3.63, 3.8) is 0 Å². The predicted molar refractivity (Wildman–Crippen MR) is 168 cm³/mol. The summed E-state index contributed by atoms with van der Waals surface area (Å²) in [7, 11) is -3.31. The van der Waals surface area contributed by atoms with Crippen LogP contribution >= 0.6 is 12.4 Å². The molecule has 0 bridgehead atoms. The Morgan fingerprint density at radius 3 is 2.27 bits per heavy atom. The standard InChI is InChI=1S/C32H37F3N4O4S.ClH/c1-3-39(30(40)21-23-9-11-26(12-10-23)44(2,42)43)25-14-18-38(19-15-25)20-16-29(24-7-5-4-6-8-24)37-31(41)27-22-36-17-13-28(27)32(33,34)35;/h4-13,17,22,25,29H,3,14-16,18-21H2,1-2H3,(H,37,41);1H/t29-;/m0./s1. The lowest BCUT2D eigenvalue weighted by Gasteiger charge is -2.38. The van der Waals surface area contributed by atoms with Crippen LogP contribution in [0.1, 0.15) is 59.3 Å². The average molecular weight is 667 g/mol. The molecule has 0 saturated carbocycles. The first-order chi connectivity index (χ1) is 20.9. The summed E-state index contributed by atoms with van der Waals surface area (Å²) in [6.07, 6.45) is 0.620.